The van der Waals surface area contributed by atoms with Gasteiger partial charge in [0.25, 0.3) is 5.91 Å². The van der Waals surface area contributed by atoms with E-state index in [0.717, 1.165) is 11.1 Å². The SMILES string of the molecule is COC(C(=O)NCC(C)(C)c1cccc(Cl)c1)c1ccccc1. The Labute approximate surface area is 142 Å². The second-order valence-electron chi connectivity index (χ2n) is 6.14. The summed E-state index contributed by atoms with van der Waals surface area (Å²) in [5.74, 6) is -0.145. The monoisotopic (exact) mass is 331 g/mol. The lowest BCUT2D eigenvalue weighted by Crippen LogP contribution is -2.39. The fraction of sp³-hybridized carbons (Fsp3) is 0.316. The fourth-order valence-corrected chi connectivity index (χ4v) is 2.62. The van der Waals surface area contributed by atoms with Crippen molar-refractivity contribution in [2.45, 2.75) is 25.4 Å². The maximum atomic E-state index is 12.5. The van der Waals surface area contributed by atoms with Crippen molar-refractivity contribution in [2.75, 3.05) is 13.7 Å². The van der Waals surface area contributed by atoms with E-state index in [2.05, 4.69) is 19.2 Å². The highest BCUT2D eigenvalue weighted by molar-refractivity contribution is 6.30. The van der Waals surface area contributed by atoms with Crippen molar-refractivity contribution in [3.8, 4) is 0 Å². The number of ether oxygens (including phenoxy) is 1. The number of methoxy groups -OCH3 is 1. The molecule has 0 aliphatic heterocycles. The standard InChI is InChI=1S/C19H22ClNO2/c1-19(2,15-10-7-11-16(20)12-15)13-21-18(22)17(23-3)14-8-5-4-6-9-14/h4-12,17H,13H2,1-3H3,(H,21,22). The molecule has 0 saturated carbocycles. The zero-order chi connectivity index (χ0) is 16.9. The number of hydrogen-bond donors (Lipinski definition) is 1. The Balaban J connectivity index is 2.05. The van der Waals surface area contributed by atoms with Gasteiger partial charge in [-0.1, -0.05) is 67.9 Å². The number of hydrogen-bond acceptors (Lipinski definition) is 2. The van der Waals surface area contributed by atoms with Crippen molar-refractivity contribution < 1.29 is 9.53 Å². The van der Waals surface area contributed by atoms with Crippen LogP contribution in [0.15, 0.2) is 54.6 Å². The van der Waals surface area contributed by atoms with E-state index in [1.807, 2.05) is 54.6 Å². The minimum absolute atomic E-state index is 0.145. The molecule has 0 bridgehead atoms. The van der Waals surface area contributed by atoms with Gasteiger partial charge in [-0.2, -0.15) is 0 Å². The summed E-state index contributed by atoms with van der Waals surface area (Å²) in [6.45, 7) is 4.64. The highest BCUT2D eigenvalue weighted by atomic mass is 35.5. The van der Waals surface area contributed by atoms with Crippen LogP contribution in [0.5, 0.6) is 0 Å². The van der Waals surface area contributed by atoms with Crippen LogP contribution in [0.4, 0.5) is 0 Å². The fourth-order valence-electron chi connectivity index (χ4n) is 2.43. The van der Waals surface area contributed by atoms with E-state index < -0.39 is 6.10 Å². The number of halogens is 1. The molecule has 0 aliphatic carbocycles. The zero-order valence-electron chi connectivity index (χ0n) is 13.7. The number of rotatable bonds is 6. The van der Waals surface area contributed by atoms with Crippen LogP contribution in [0.25, 0.3) is 0 Å². The molecular formula is C19H22ClNO2. The van der Waals surface area contributed by atoms with E-state index in [9.17, 15) is 4.79 Å². The van der Waals surface area contributed by atoms with Crippen molar-refractivity contribution in [3.05, 3.63) is 70.7 Å². The predicted octanol–water partition coefficient (Wildman–Crippen LogP) is 4.12. The summed E-state index contributed by atoms with van der Waals surface area (Å²) in [5.41, 5.74) is 1.70. The van der Waals surface area contributed by atoms with Gasteiger partial charge in [0, 0.05) is 24.1 Å². The van der Waals surface area contributed by atoms with Crippen LogP contribution in [0.3, 0.4) is 0 Å². The minimum Gasteiger partial charge on any atom is -0.367 e. The molecule has 1 unspecified atom stereocenters. The van der Waals surface area contributed by atoms with Crippen molar-refractivity contribution >= 4 is 17.5 Å². The molecule has 3 nitrogen and oxygen atoms in total. The molecule has 122 valence electrons. The van der Waals surface area contributed by atoms with Crippen molar-refractivity contribution in [2.24, 2.45) is 0 Å². The molecule has 1 amide bonds. The van der Waals surface area contributed by atoms with E-state index in [4.69, 9.17) is 16.3 Å². The summed E-state index contributed by atoms with van der Waals surface area (Å²) in [6, 6.07) is 17.2. The van der Waals surface area contributed by atoms with Gasteiger partial charge in [-0.25, -0.2) is 0 Å². The van der Waals surface area contributed by atoms with Crippen LogP contribution >= 0.6 is 11.6 Å². The van der Waals surface area contributed by atoms with E-state index in [1.54, 1.807) is 7.11 Å². The maximum Gasteiger partial charge on any atom is 0.253 e. The summed E-state index contributed by atoms with van der Waals surface area (Å²) in [5, 5.41) is 3.68. The number of amides is 1. The van der Waals surface area contributed by atoms with Gasteiger partial charge < -0.3 is 10.1 Å². The van der Waals surface area contributed by atoms with Gasteiger partial charge in [0.15, 0.2) is 6.10 Å². The molecule has 0 heterocycles. The molecule has 0 fully saturated rings. The lowest BCUT2D eigenvalue weighted by Gasteiger charge is -2.27. The Morgan fingerprint density at radius 3 is 2.48 bits per heavy atom. The number of benzene rings is 2. The molecule has 0 aliphatic rings. The maximum absolute atomic E-state index is 12.5. The average molecular weight is 332 g/mol. The van der Waals surface area contributed by atoms with Gasteiger partial charge >= 0.3 is 0 Å². The summed E-state index contributed by atoms with van der Waals surface area (Å²) in [6.07, 6.45) is -0.605. The molecule has 2 aromatic carbocycles. The van der Waals surface area contributed by atoms with Gasteiger partial charge in [0.1, 0.15) is 0 Å². The molecule has 0 aromatic heterocycles. The Morgan fingerprint density at radius 2 is 1.87 bits per heavy atom. The molecule has 0 saturated heterocycles. The molecule has 4 heteroatoms. The zero-order valence-corrected chi connectivity index (χ0v) is 14.4. The smallest absolute Gasteiger partial charge is 0.253 e. The van der Waals surface area contributed by atoms with Crippen LogP contribution in [-0.4, -0.2) is 19.6 Å². The third-order valence-electron chi connectivity index (χ3n) is 3.89. The third kappa shape index (κ3) is 4.57. The van der Waals surface area contributed by atoms with Crippen molar-refractivity contribution in [3.63, 3.8) is 0 Å². The third-order valence-corrected chi connectivity index (χ3v) is 4.12. The number of carbonyl (C=O) groups is 1. The predicted molar refractivity (Wildman–Crippen MR) is 93.7 cm³/mol. The Morgan fingerprint density at radius 1 is 1.17 bits per heavy atom. The van der Waals surface area contributed by atoms with Crippen LogP contribution in [0.2, 0.25) is 5.02 Å². The minimum atomic E-state index is -0.605. The molecule has 0 spiro atoms. The van der Waals surface area contributed by atoms with Gasteiger partial charge in [-0.15, -0.1) is 0 Å². The summed E-state index contributed by atoms with van der Waals surface area (Å²) < 4.78 is 5.36. The molecular weight excluding hydrogens is 310 g/mol. The molecule has 23 heavy (non-hydrogen) atoms. The number of carbonyl (C=O) groups excluding carboxylic acids is 1. The van der Waals surface area contributed by atoms with Gasteiger partial charge in [-0.05, 0) is 23.3 Å². The summed E-state index contributed by atoms with van der Waals surface area (Å²) in [7, 11) is 1.54. The van der Waals surface area contributed by atoms with Crippen LogP contribution < -0.4 is 5.32 Å². The normalized spacial score (nSPS) is 12.7. The lowest BCUT2D eigenvalue weighted by atomic mass is 9.84. The first-order valence-electron chi connectivity index (χ1n) is 7.55. The second-order valence-corrected chi connectivity index (χ2v) is 6.57. The summed E-state index contributed by atoms with van der Waals surface area (Å²) in [4.78, 5) is 12.5. The highest BCUT2D eigenvalue weighted by Gasteiger charge is 2.25. The van der Waals surface area contributed by atoms with Gasteiger partial charge in [0.05, 0.1) is 0 Å². The van der Waals surface area contributed by atoms with E-state index in [1.165, 1.54) is 0 Å². The van der Waals surface area contributed by atoms with E-state index in [-0.39, 0.29) is 11.3 Å². The summed E-state index contributed by atoms with van der Waals surface area (Å²) >= 11 is 6.06. The van der Waals surface area contributed by atoms with E-state index in [0.29, 0.717) is 11.6 Å². The quantitative estimate of drug-likeness (QED) is 0.864. The first kappa shape index (κ1) is 17.5. The van der Waals surface area contributed by atoms with Crippen LogP contribution in [0.1, 0.15) is 31.1 Å². The second kappa shape index (κ2) is 7.62. The van der Waals surface area contributed by atoms with E-state index >= 15 is 0 Å². The first-order valence-corrected chi connectivity index (χ1v) is 7.93. The van der Waals surface area contributed by atoms with Crippen molar-refractivity contribution in [1.82, 2.24) is 5.32 Å². The largest absolute Gasteiger partial charge is 0.367 e. The van der Waals surface area contributed by atoms with Crippen LogP contribution in [-0.2, 0) is 14.9 Å². The molecule has 2 aromatic rings. The topological polar surface area (TPSA) is 38.3 Å². The molecule has 2 rings (SSSR count). The molecule has 1 atom stereocenters. The Kier molecular flexibility index (Phi) is 5.80. The molecule has 0 radical (unpaired) electrons. The average Bonchev–Trinajstić information content (AvgIpc) is 2.55. The van der Waals surface area contributed by atoms with Gasteiger partial charge in [-0.3, -0.25) is 4.79 Å². The lowest BCUT2D eigenvalue weighted by molar-refractivity contribution is -0.131. The number of nitrogens with one attached hydrogen (secondary N) is 1. The Bertz CT molecular complexity index is 655. The molecule has 1 N–H and O–H groups in total. The van der Waals surface area contributed by atoms with Crippen LogP contribution in [0, 0.1) is 0 Å². The van der Waals surface area contributed by atoms with Crippen molar-refractivity contribution in [1.29, 1.82) is 0 Å². The highest BCUT2D eigenvalue weighted by Crippen LogP contribution is 2.25. The van der Waals surface area contributed by atoms with Gasteiger partial charge in [0.2, 0.25) is 0 Å². The Hall–Kier alpha value is -1.84. The first-order chi connectivity index (χ1) is 10.9.